The van der Waals surface area contributed by atoms with Gasteiger partial charge < -0.3 is 21.9 Å². The number of aliphatic carboxylic acids is 1. The van der Waals surface area contributed by atoms with E-state index in [1.54, 1.807) is 0 Å². The number of carbonyl (C=O) groups is 2. The van der Waals surface area contributed by atoms with Crippen molar-refractivity contribution in [3.63, 3.8) is 0 Å². The van der Waals surface area contributed by atoms with Crippen LogP contribution in [0.4, 0.5) is 0 Å². The van der Waals surface area contributed by atoms with E-state index >= 15 is 0 Å². The molecule has 0 unspecified atom stereocenters. The number of nitrogens with two attached hydrogens (primary N) is 2. The van der Waals surface area contributed by atoms with E-state index in [4.69, 9.17) is 16.6 Å². The van der Waals surface area contributed by atoms with Crippen LogP contribution in [0.25, 0.3) is 0 Å². The predicted octanol–water partition coefficient (Wildman–Crippen LogP) is -1.22. The van der Waals surface area contributed by atoms with Gasteiger partial charge in [-0.15, -0.1) is 0 Å². The number of carboxylic acids is 1. The summed E-state index contributed by atoms with van der Waals surface area (Å²) in [4.78, 5) is 21.7. The lowest BCUT2D eigenvalue weighted by Gasteiger charge is -2.33. The highest BCUT2D eigenvalue weighted by Gasteiger charge is 2.27. The average Bonchev–Trinajstić information content (AvgIpc) is 2.11. The van der Waals surface area contributed by atoms with Gasteiger partial charge in [0.1, 0.15) is 6.04 Å². The highest BCUT2D eigenvalue weighted by molar-refractivity contribution is 5.78. The number of nitrogens with one attached hydrogen (secondary N) is 1. The second kappa shape index (κ2) is 5.09. The Balaban J connectivity index is 2.11. The molecule has 1 amide bonds. The first-order valence-corrected chi connectivity index (χ1v) is 5.02. The summed E-state index contributed by atoms with van der Waals surface area (Å²) in [5.41, 5.74) is 10.8. The first-order chi connectivity index (χ1) is 6.99. The predicted molar refractivity (Wildman–Crippen MR) is 54.0 cm³/mol. The fourth-order valence-corrected chi connectivity index (χ4v) is 1.49. The average molecular weight is 215 g/mol. The molecule has 0 heterocycles. The molecular weight excluding hydrogens is 198 g/mol. The van der Waals surface area contributed by atoms with Crippen LogP contribution >= 0.6 is 0 Å². The molecule has 0 saturated heterocycles. The monoisotopic (exact) mass is 215 g/mol. The molecule has 6 N–H and O–H groups in total. The van der Waals surface area contributed by atoms with Gasteiger partial charge in [-0.25, -0.2) is 0 Å². The molecule has 1 aliphatic carbocycles. The van der Waals surface area contributed by atoms with Gasteiger partial charge in [0.2, 0.25) is 5.91 Å². The molecule has 0 aromatic rings. The molecule has 6 heteroatoms. The Morgan fingerprint density at radius 2 is 2.07 bits per heavy atom. The molecule has 15 heavy (non-hydrogen) atoms. The number of amides is 1. The molecule has 6 nitrogen and oxygen atoms in total. The molecular formula is C9H17N3O3. The Bertz CT molecular complexity index is 251. The van der Waals surface area contributed by atoms with Crippen LogP contribution in [-0.4, -0.2) is 35.1 Å². The van der Waals surface area contributed by atoms with Gasteiger partial charge in [0.15, 0.2) is 0 Å². The Morgan fingerprint density at radius 1 is 1.47 bits per heavy atom. The molecule has 0 aromatic carbocycles. The minimum Gasteiger partial charge on any atom is -0.480 e. The minimum atomic E-state index is -1.08. The van der Waals surface area contributed by atoms with Crippen molar-refractivity contribution in [2.24, 2.45) is 11.5 Å². The summed E-state index contributed by atoms with van der Waals surface area (Å²) in [7, 11) is 0. The van der Waals surface area contributed by atoms with Crippen LogP contribution in [0.1, 0.15) is 25.7 Å². The Kier molecular flexibility index (Phi) is 4.05. The summed E-state index contributed by atoms with van der Waals surface area (Å²) in [6.45, 7) is 0. The number of rotatable bonds is 5. The zero-order chi connectivity index (χ0) is 11.4. The van der Waals surface area contributed by atoms with Gasteiger partial charge in [-0.1, -0.05) is 0 Å². The van der Waals surface area contributed by atoms with Crippen molar-refractivity contribution in [3.8, 4) is 0 Å². The van der Waals surface area contributed by atoms with Gasteiger partial charge in [0, 0.05) is 18.5 Å². The standard InChI is InChI=1S/C9H17N3O3/c10-5-3-6(4-5)12-8(13)2-1-7(11)9(14)15/h5-7H,1-4,10-11H2,(H,12,13)(H,14,15)/t5?,6?,7-/m0/s1. The summed E-state index contributed by atoms with van der Waals surface area (Å²) in [6.07, 6.45) is 1.92. The topological polar surface area (TPSA) is 118 Å². The van der Waals surface area contributed by atoms with Gasteiger partial charge in [0.05, 0.1) is 0 Å². The number of carboxylic acid groups (broad SMARTS) is 1. The molecule has 1 rings (SSSR count). The lowest BCUT2D eigenvalue weighted by Crippen LogP contribution is -2.50. The maximum atomic E-state index is 11.3. The fourth-order valence-electron chi connectivity index (χ4n) is 1.49. The van der Waals surface area contributed by atoms with Crippen molar-refractivity contribution in [1.82, 2.24) is 5.32 Å². The van der Waals surface area contributed by atoms with Crippen molar-refractivity contribution in [1.29, 1.82) is 0 Å². The molecule has 1 atom stereocenters. The Hall–Kier alpha value is -1.14. The van der Waals surface area contributed by atoms with Gasteiger partial charge in [-0.2, -0.15) is 0 Å². The van der Waals surface area contributed by atoms with Crippen LogP contribution in [0, 0.1) is 0 Å². The van der Waals surface area contributed by atoms with Gasteiger partial charge in [-0.05, 0) is 19.3 Å². The van der Waals surface area contributed by atoms with Crippen LogP contribution in [0.15, 0.2) is 0 Å². The number of hydrogen-bond acceptors (Lipinski definition) is 4. The summed E-state index contributed by atoms with van der Waals surface area (Å²) < 4.78 is 0. The quantitative estimate of drug-likeness (QED) is 0.458. The first kappa shape index (κ1) is 11.9. The third-order valence-corrected chi connectivity index (χ3v) is 2.54. The van der Waals surface area contributed by atoms with Crippen molar-refractivity contribution < 1.29 is 14.7 Å². The molecule has 1 fully saturated rings. The smallest absolute Gasteiger partial charge is 0.320 e. The Labute approximate surface area is 88.0 Å². The zero-order valence-electron chi connectivity index (χ0n) is 8.48. The summed E-state index contributed by atoms with van der Waals surface area (Å²) in [5, 5.41) is 11.3. The summed E-state index contributed by atoms with van der Waals surface area (Å²) in [5.74, 6) is -1.22. The summed E-state index contributed by atoms with van der Waals surface area (Å²) >= 11 is 0. The van der Waals surface area contributed by atoms with E-state index in [-0.39, 0.29) is 30.8 Å². The second-order valence-corrected chi connectivity index (χ2v) is 3.98. The van der Waals surface area contributed by atoms with Crippen LogP contribution in [-0.2, 0) is 9.59 Å². The van der Waals surface area contributed by atoms with E-state index in [1.165, 1.54) is 0 Å². The first-order valence-electron chi connectivity index (χ1n) is 5.02. The van der Waals surface area contributed by atoms with Crippen molar-refractivity contribution in [2.75, 3.05) is 0 Å². The maximum absolute atomic E-state index is 11.3. The molecule has 0 aromatic heterocycles. The van der Waals surface area contributed by atoms with Crippen LogP contribution in [0.5, 0.6) is 0 Å². The van der Waals surface area contributed by atoms with E-state index in [2.05, 4.69) is 5.32 Å². The zero-order valence-corrected chi connectivity index (χ0v) is 8.48. The molecule has 0 bridgehead atoms. The number of hydrogen-bond donors (Lipinski definition) is 4. The molecule has 86 valence electrons. The molecule has 0 radical (unpaired) electrons. The van der Waals surface area contributed by atoms with E-state index in [0.29, 0.717) is 0 Å². The normalized spacial score (nSPS) is 26.5. The lowest BCUT2D eigenvalue weighted by molar-refractivity contribution is -0.138. The van der Waals surface area contributed by atoms with Crippen LogP contribution in [0.2, 0.25) is 0 Å². The molecule has 1 saturated carbocycles. The van der Waals surface area contributed by atoms with Gasteiger partial charge in [-0.3, -0.25) is 9.59 Å². The minimum absolute atomic E-state index is 0.149. The van der Waals surface area contributed by atoms with E-state index in [1.807, 2.05) is 0 Å². The molecule has 0 aliphatic heterocycles. The third kappa shape index (κ3) is 3.85. The van der Waals surface area contributed by atoms with Crippen molar-refractivity contribution >= 4 is 11.9 Å². The van der Waals surface area contributed by atoms with Crippen molar-refractivity contribution in [3.05, 3.63) is 0 Å². The van der Waals surface area contributed by atoms with E-state index < -0.39 is 12.0 Å². The maximum Gasteiger partial charge on any atom is 0.320 e. The third-order valence-electron chi connectivity index (χ3n) is 2.54. The van der Waals surface area contributed by atoms with Crippen LogP contribution < -0.4 is 16.8 Å². The molecule has 1 aliphatic rings. The van der Waals surface area contributed by atoms with Crippen LogP contribution in [0.3, 0.4) is 0 Å². The van der Waals surface area contributed by atoms with Crippen molar-refractivity contribution in [2.45, 2.75) is 43.8 Å². The SMILES string of the molecule is NC1CC(NC(=O)CC[C@H](N)C(=O)O)C1. The number of carbonyl (C=O) groups excluding carboxylic acids is 1. The van der Waals surface area contributed by atoms with E-state index in [9.17, 15) is 9.59 Å². The largest absolute Gasteiger partial charge is 0.480 e. The van der Waals surface area contributed by atoms with Gasteiger partial charge in [0.25, 0.3) is 0 Å². The fraction of sp³-hybridized carbons (Fsp3) is 0.778. The highest BCUT2D eigenvalue weighted by Crippen LogP contribution is 2.17. The van der Waals surface area contributed by atoms with E-state index in [0.717, 1.165) is 12.8 Å². The second-order valence-electron chi connectivity index (χ2n) is 3.98. The molecule has 0 spiro atoms. The lowest BCUT2D eigenvalue weighted by atomic mass is 9.87. The summed E-state index contributed by atoms with van der Waals surface area (Å²) in [6, 6.07) is -0.607. The Morgan fingerprint density at radius 3 is 2.53 bits per heavy atom. The van der Waals surface area contributed by atoms with Gasteiger partial charge >= 0.3 is 5.97 Å². The highest BCUT2D eigenvalue weighted by atomic mass is 16.4.